The van der Waals surface area contributed by atoms with Crippen LogP contribution in [0.25, 0.3) is 0 Å². The molecule has 1 aromatic carbocycles. The highest BCUT2D eigenvalue weighted by Crippen LogP contribution is 2.32. The van der Waals surface area contributed by atoms with Crippen LogP contribution >= 0.6 is 0 Å². The molecule has 14 nitrogen and oxygen atoms in total. The number of hydrogen-bond donors (Lipinski definition) is 9. The molecule has 0 radical (unpaired) electrons. The molecule has 14 heteroatoms. The Morgan fingerprint density at radius 2 is 1.85 bits per heavy atom. The lowest BCUT2D eigenvalue weighted by atomic mass is 9.96. The highest BCUT2D eigenvalue weighted by atomic mass is 16.7. The summed E-state index contributed by atoms with van der Waals surface area (Å²) < 4.78 is 17.2. The first-order valence-corrected chi connectivity index (χ1v) is 13.6. The molecule has 0 aliphatic carbocycles. The number of ether oxygens (including phenoxy) is 3. The number of aromatic amines is 1. The van der Waals surface area contributed by atoms with Crippen molar-refractivity contribution >= 4 is 6.03 Å². The Balaban J connectivity index is 1.61. The Morgan fingerprint density at radius 1 is 1.12 bits per heavy atom. The monoisotopic (exact) mass is 582 g/mol. The van der Waals surface area contributed by atoms with Gasteiger partial charge in [-0.05, 0) is 42.5 Å². The number of aromatic nitrogens is 2. The molecule has 41 heavy (non-hydrogen) atoms. The normalized spacial score (nSPS) is 22.7. The first-order valence-electron chi connectivity index (χ1n) is 13.6. The van der Waals surface area contributed by atoms with Crippen LogP contribution in [0.2, 0.25) is 0 Å². The molecule has 9 N–H and O–H groups in total. The summed E-state index contributed by atoms with van der Waals surface area (Å²) in [6, 6.07) is 4.48. The smallest absolute Gasteiger partial charge is 0.315 e. The summed E-state index contributed by atoms with van der Waals surface area (Å²) in [7, 11) is 0. The fraction of sp³-hybridized carbons (Fsp3) is 0.630. The second-order valence-corrected chi connectivity index (χ2v) is 10.3. The van der Waals surface area contributed by atoms with Crippen LogP contribution in [-0.2, 0) is 11.2 Å². The summed E-state index contributed by atoms with van der Waals surface area (Å²) in [6.45, 7) is 5.37. The summed E-state index contributed by atoms with van der Waals surface area (Å²) in [5.41, 5.74) is 3.49. The van der Waals surface area contributed by atoms with Crippen molar-refractivity contribution in [2.75, 3.05) is 33.0 Å². The van der Waals surface area contributed by atoms with Gasteiger partial charge >= 0.3 is 6.03 Å². The first-order chi connectivity index (χ1) is 19.6. The molecule has 0 unspecified atom stereocenters. The van der Waals surface area contributed by atoms with Gasteiger partial charge in [-0.15, -0.1) is 5.10 Å². The van der Waals surface area contributed by atoms with Gasteiger partial charge in [0.2, 0.25) is 12.2 Å². The number of rotatable bonds is 14. The van der Waals surface area contributed by atoms with Crippen LogP contribution in [0.4, 0.5) is 4.79 Å². The minimum atomic E-state index is -1.56. The van der Waals surface area contributed by atoms with Crippen LogP contribution in [0.5, 0.6) is 11.6 Å². The third-order valence-corrected chi connectivity index (χ3v) is 6.85. The third-order valence-electron chi connectivity index (χ3n) is 6.85. The number of hydrogen-bond acceptors (Lipinski definition) is 11. The van der Waals surface area contributed by atoms with E-state index < -0.39 is 49.4 Å². The second-order valence-electron chi connectivity index (χ2n) is 10.3. The third kappa shape index (κ3) is 8.52. The number of aryl methyl sites for hydroxylation is 1. The van der Waals surface area contributed by atoms with Crippen molar-refractivity contribution < 1.29 is 49.6 Å². The SMILES string of the molecule is Cc1cc(OCCCNC(=O)NC(CO)CO)ccc1Cc1c(O[C@@H]2O[C@H](CO)[C@@H](O)[C@H](O)[C@H]2O)n[nH]c1C(C)C. The fourth-order valence-corrected chi connectivity index (χ4v) is 4.38. The molecule has 3 rings (SSSR count). The van der Waals surface area contributed by atoms with Gasteiger partial charge in [0.05, 0.1) is 32.5 Å². The number of nitrogens with zero attached hydrogens (tertiary/aromatic N) is 1. The highest BCUT2D eigenvalue weighted by Gasteiger charge is 2.45. The predicted molar refractivity (Wildman–Crippen MR) is 146 cm³/mol. The Morgan fingerprint density at radius 3 is 2.49 bits per heavy atom. The van der Waals surface area contributed by atoms with Gasteiger partial charge in [0.25, 0.3) is 0 Å². The van der Waals surface area contributed by atoms with Crippen molar-refractivity contribution in [3.63, 3.8) is 0 Å². The molecule has 230 valence electrons. The van der Waals surface area contributed by atoms with E-state index in [1.54, 1.807) is 0 Å². The number of H-pyrrole nitrogens is 1. The van der Waals surface area contributed by atoms with E-state index in [4.69, 9.17) is 24.4 Å². The van der Waals surface area contributed by atoms with Gasteiger partial charge in [-0.25, -0.2) is 4.79 Å². The van der Waals surface area contributed by atoms with Gasteiger partial charge in [0.1, 0.15) is 30.2 Å². The zero-order chi connectivity index (χ0) is 30.1. The maximum absolute atomic E-state index is 11.7. The topological polar surface area (TPSA) is 219 Å². The molecule has 1 saturated heterocycles. The van der Waals surface area contributed by atoms with E-state index in [2.05, 4.69) is 20.8 Å². The average Bonchev–Trinajstić information content (AvgIpc) is 3.35. The Hall–Kier alpha value is -2.98. The molecule has 1 fully saturated rings. The van der Waals surface area contributed by atoms with Gasteiger partial charge in [0, 0.05) is 24.2 Å². The highest BCUT2D eigenvalue weighted by molar-refractivity contribution is 5.74. The maximum atomic E-state index is 11.7. The zero-order valence-electron chi connectivity index (χ0n) is 23.5. The van der Waals surface area contributed by atoms with Crippen LogP contribution in [0.15, 0.2) is 18.2 Å². The van der Waals surface area contributed by atoms with Gasteiger partial charge < -0.3 is 55.5 Å². The lowest BCUT2D eigenvalue weighted by molar-refractivity contribution is -0.278. The summed E-state index contributed by atoms with van der Waals surface area (Å²) in [5.74, 6) is 0.908. The average molecular weight is 583 g/mol. The van der Waals surface area contributed by atoms with Crippen molar-refractivity contribution in [1.29, 1.82) is 0 Å². The van der Waals surface area contributed by atoms with Gasteiger partial charge in [-0.2, -0.15) is 0 Å². The first kappa shape index (κ1) is 32.5. The number of aliphatic hydroxyl groups is 6. The number of benzene rings is 1. The number of aliphatic hydroxyl groups excluding tert-OH is 6. The van der Waals surface area contributed by atoms with E-state index >= 15 is 0 Å². The van der Waals surface area contributed by atoms with Crippen LogP contribution in [0.3, 0.4) is 0 Å². The maximum Gasteiger partial charge on any atom is 0.315 e. The van der Waals surface area contributed by atoms with E-state index in [0.717, 1.165) is 22.4 Å². The minimum absolute atomic E-state index is 0.0708. The molecule has 0 saturated carbocycles. The minimum Gasteiger partial charge on any atom is -0.494 e. The standard InChI is InChI=1S/C27H42N4O10/c1-14(2)21-19(25(31-30-21)41-26-24(37)23(36)22(35)20(13-34)40-26)10-16-5-6-18(9-15(16)3)39-8-4-7-28-27(38)29-17(11-32)12-33/h5-6,9,14,17,20,22-24,26,32-37H,4,7-8,10-13H2,1-3H3,(H,30,31)(H2,28,29,38)/t20-,22-,23+,24-,26+/m1/s1. The van der Waals surface area contributed by atoms with Crippen LogP contribution < -0.4 is 20.1 Å². The molecule has 2 amide bonds. The summed E-state index contributed by atoms with van der Waals surface area (Å²) >= 11 is 0. The summed E-state index contributed by atoms with van der Waals surface area (Å²) in [6.07, 6.45) is -6.08. The predicted octanol–water partition coefficient (Wildman–Crippen LogP) is -0.968. The molecular formula is C27H42N4O10. The quantitative estimate of drug-likeness (QED) is 0.123. The van der Waals surface area contributed by atoms with Crippen molar-refractivity contribution in [3.05, 3.63) is 40.6 Å². The van der Waals surface area contributed by atoms with Crippen molar-refractivity contribution in [1.82, 2.24) is 20.8 Å². The van der Waals surface area contributed by atoms with Gasteiger partial charge in [-0.1, -0.05) is 19.9 Å². The molecule has 1 aliphatic rings. The van der Waals surface area contributed by atoms with E-state index in [1.807, 2.05) is 39.0 Å². The largest absolute Gasteiger partial charge is 0.494 e. The molecule has 1 aliphatic heterocycles. The van der Waals surface area contributed by atoms with E-state index in [1.165, 1.54) is 0 Å². The van der Waals surface area contributed by atoms with Gasteiger partial charge in [0.15, 0.2) is 0 Å². The Bertz CT molecular complexity index is 1110. The van der Waals surface area contributed by atoms with Gasteiger partial charge in [-0.3, -0.25) is 5.10 Å². The van der Waals surface area contributed by atoms with Crippen LogP contribution in [0.1, 0.15) is 48.6 Å². The van der Waals surface area contributed by atoms with Crippen molar-refractivity contribution in [3.8, 4) is 11.6 Å². The fourth-order valence-electron chi connectivity index (χ4n) is 4.38. The number of nitrogens with one attached hydrogen (secondary N) is 3. The van der Waals surface area contributed by atoms with Crippen molar-refractivity contribution in [2.24, 2.45) is 0 Å². The molecular weight excluding hydrogens is 540 g/mol. The number of carbonyl (C=O) groups excluding carboxylic acids is 1. The molecule has 5 atom stereocenters. The molecule has 0 bridgehead atoms. The second kappa shape index (κ2) is 15.3. The Kier molecular flexibility index (Phi) is 12.1. The zero-order valence-corrected chi connectivity index (χ0v) is 23.5. The van der Waals surface area contributed by atoms with Crippen molar-refractivity contribution in [2.45, 2.75) is 76.3 Å². The summed E-state index contributed by atoms with van der Waals surface area (Å²) in [5, 5.41) is 70.4. The lowest BCUT2D eigenvalue weighted by Gasteiger charge is -2.39. The van der Waals surface area contributed by atoms with Crippen LogP contribution in [-0.4, -0.2) is 117 Å². The number of urea groups is 1. The van der Waals surface area contributed by atoms with E-state index in [-0.39, 0.29) is 25.0 Å². The molecule has 2 aromatic rings. The molecule has 1 aromatic heterocycles. The van der Waals surface area contributed by atoms with E-state index in [0.29, 0.717) is 31.7 Å². The van der Waals surface area contributed by atoms with E-state index in [9.17, 15) is 25.2 Å². The van der Waals surface area contributed by atoms with Crippen LogP contribution in [0, 0.1) is 6.92 Å². The lowest BCUT2D eigenvalue weighted by Crippen LogP contribution is -2.60. The molecule has 0 spiro atoms. The number of carbonyl (C=O) groups is 1. The molecule has 2 heterocycles. The summed E-state index contributed by atoms with van der Waals surface area (Å²) in [4.78, 5) is 11.7. The number of amides is 2. The Labute approximate surface area is 238 Å².